The number of amides is 1. The lowest BCUT2D eigenvalue weighted by Gasteiger charge is -2.10. The summed E-state index contributed by atoms with van der Waals surface area (Å²) in [5, 5.41) is 2.73. The monoisotopic (exact) mass is 290 g/mol. The van der Waals surface area contributed by atoms with Crippen LogP contribution in [-0.2, 0) is 4.79 Å². The van der Waals surface area contributed by atoms with Gasteiger partial charge in [0.25, 0.3) is 0 Å². The Kier molecular flexibility index (Phi) is 4.54. The van der Waals surface area contributed by atoms with Crippen LogP contribution in [0.25, 0.3) is 0 Å². The van der Waals surface area contributed by atoms with E-state index in [0.29, 0.717) is 11.7 Å². The topological polar surface area (TPSA) is 42.0 Å². The van der Waals surface area contributed by atoms with E-state index in [1.807, 2.05) is 13.0 Å². The molecule has 1 aromatic rings. The van der Waals surface area contributed by atoms with Crippen molar-refractivity contribution in [1.82, 2.24) is 4.98 Å². The van der Waals surface area contributed by atoms with Crippen LogP contribution in [0.2, 0.25) is 0 Å². The van der Waals surface area contributed by atoms with Crippen LogP contribution in [0.15, 0.2) is 16.7 Å². The molecule has 1 atom stereocenters. The number of aromatic nitrogens is 1. The van der Waals surface area contributed by atoms with Crippen molar-refractivity contribution in [2.75, 3.05) is 11.2 Å². The first-order valence-electron chi connectivity index (χ1n) is 4.53. The maximum Gasteiger partial charge on any atom is 0.229 e. The first-order valence-corrected chi connectivity index (χ1v) is 5.86. The van der Waals surface area contributed by atoms with Gasteiger partial charge in [0.15, 0.2) is 0 Å². The summed E-state index contributed by atoms with van der Waals surface area (Å²) in [6.07, 6.45) is 1.65. The van der Waals surface area contributed by atoms with Gasteiger partial charge in [0.1, 0.15) is 5.82 Å². The summed E-state index contributed by atoms with van der Waals surface area (Å²) in [6, 6.07) is 1.90. The van der Waals surface area contributed by atoms with E-state index in [-0.39, 0.29) is 11.8 Å². The number of anilines is 1. The number of hydrogen-bond donors (Lipinski definition) is 1. The minimum atomic E-state index is -0.212. The van der Waals surface area contributed by atoms with E-state index in [4.69, 9.17) is 11.6 Å². The Balaban J connectivity index is 2.77. The van der Waals surface area contributed by atoms with Gasteiger partial charge in [0.2, 0.25) is 5.91 Å². The van der Waals surface area contributed by atoms with Gasteiger partial charge in [0.05, 0.1) is 0 Å². The number of rotatable bonds is 3. The molecule has 3 nitrogen and oxygen atoms in total. The lowest BCUT2D eigenvalue weighted by molar-refractivity contribution is -0.118. The Morgan fingerprint density at radius 3 is 2.93 bits per heavy atom. The van der Waals surface area contributed by atoms with Crippen LogP contribution in [0, 0.1) is 12.8 Å². The third kappa shape index (κ3) is 3.47. The molecule has 0 aliphatic rings. The normalized spacial score (nSPS) is 12.3. The minimum absolute atomic E-state index is 0.108. The van der Waals surface area contributed by atoms with Crippen LogP contribution >= 0.6 is 27.5 Å². The highest BCUT2D eigenvalue weighted by Crippen LogP contribution is 2.17. The van der Waals surface area contributed by atoms with Gasteiger partial charge >= 0.3 is 0 Å². The first-order chi connectivity index (χ1) is 7.04. The van der Waals surface area contributed by atoms with Gasteiger partial charge in [-0.1, -0.05) is 6.92 Å². The Hall–Kier alpha value is -0.610. The van der Waals surface area contributed by atoms with E-state index < -0.39 is 0 Å². The number of nitrogens with zero attached hydrogens (tertiary/aromatic N) is 1. The molecule has 0 saturated carbocycles. The third-order valence-electron chi connectivity index (χ3n) is 1.97. The zero-order valence-electron chi connectivity index (χ0n) is 8.55. The summed E-state index contributed by atoms with van der Waals surface area (Å²) >= 11 is 8.90. The smallest absolute Gasteiger partial charge is 0.229 e. The molecule has 5 heteroatoms. The van der Waals surface area contributed by atoms with E-state index in [0.717, 1.165) is 10.0 Å². The molecule has 0 aliphatic carbocycles. The number of nitrogens with one attached hydrogen (secondary N) is 1. The molecule has 0 saturated heterocycles. The Morgan fingerprint density at radius 2 is 2.40 bits per heavy atom. The highest BCUT2D eigenvalue weighted by atomic mass is 79.9. The first kappa shape index (κ1) is 12.5. The summed E-state index contributed by atoms with van der Waals surface area (Å²) in [6.45, 7) is 3.66. The third-order valence-corrected chi connectivity index (χ3v) is 2.86. The van der Waals surface area contributed by atoms with Crippen LogP contribution in [0.3, 0.4) is 0 Å². The largest absolute Gasteiger partial charge is 0.310 e. The molecule has 1 rings (SSSR count). The molecule has 0 aliphatic heterocycles. The summed E-state index contributed by atoms with van der Waals surface area (Å²) < 4.78 is 0.892. The molecule has 1 unspecified atom stereocenters. The zero-order valence-corrected chi connectivity index (χ0v) is 10.9. The fraction of sp³-hybridized carbons (Fsp3) is 0.400. The second-order valence-electron chi connectivity index (χ2n) is 3.36. The molecule has 82 valence electrons. The summed E-state index contributed by atoms with van der Waals surface area (Å²) in [5.41, 5.74) is 0.916. The standard InChI is InChI=1S/C10H12BrClN2O/c1-6-3-8(11)5-13-9(6)14-10(15)7(2)4-12/h3,5,7H,4H2,1-2H3,(H,13,14,15). The zero-order chi connectivity index (χ0) is 11.4. The number of carbonyl (C=O) groups is 1. The van der Waals surface area contributed by atoms with Crippen LogP contribution in [0.1, 0.15) is 12.5 Å². The maximum atomic E-state index is 11.5. The van der Waals surface area contributed by atoms with Gasteiger partial charge in [-0.2, -0.15) is 0 Å². The number of aryl methyl sites for hydroxylation is 1. The molecule has 15 heavy (non-hydrogen) atoms. The molecule has 1 aromatic heterocycles. The number of hydrogen-bond acceptors (Lipinski definition) is 2. The van der Waals surface area contributed by atoms with Crippen molar-refractivity contribution in [3.05, 3.63) is 22.3 Å². The van der Waals surface area contributed by atoms with E-state index in [1.54, 1.807) is 13.1 Å². The Labute approximate surface area is 102 Å². The second-order valence-corrected chi connectivity index (χ2v) is 4.59. The van der Waals surface area contributed by atoms with Crippen molar-refractivity contribution in [2.45, 2.75) is 13.8 Å². The highest BCUT2D eigenvalue weighted by Gasteiger charge is 2.13. The minimum Gasteiger partial charge on any atom is -0.310 e. The van der Waals surface area contributed by atoms with Gasteiger partial charge in [-0.05, 0) is 34.5 Å². The van der Waals surface area contributed by atoms with Gasteiger partial charge in [-0.15, -0.1) is 11.6 Å². The molecule has 0 spiro atoms. The predicted octanol–water partition coefficient (Wildman–Crippen LogP) is 2.97. The van der Waals surface area contributed by atoms with Crippen LogP contribution in [-0.4, -0.2) is 16.8 Å². The fourth-order valence-electron chi connectivity index (χ4n) is 0.981. The molecular weight excluding hydrogens is 279 g/mol. The Morgan fingerprint density at radius 1 is 1.73 bits per heavy atom. The summed E-state index contributed by atoms with van der Waals surface area (Å²) in [4.78, 5) is 15.6. The van der Waals surface area contributed by atoms with Crippen molar-refractivity contribution < 1.29 is 4.79 Å². The van der Waals surface area contributed by atoms with Crippen LogP contribution in [0.4, 0.5) is 5.82 Å². The molecule has 0 radical (unpaired) electrons. The van der Waals surface area contributed by atoms with Crippen molar-refractivity contribution >= 4 is 39.3 Å². The number of halogens is 2. The van der Waals surface area contributed by atoms with E-state index >= 15 is 0 Å². The maximum absolute atomic E-state index is 11.5. The number of pyridine rings is 1. The average Bonchev–Trinajstić information content (AvgIpc) is 2.20. The predicted molar refractivity (Wildman–Crippen MR) is 65.2 cm³/mol. The summed E-state index contributed by atoms with van der Waals surface area (Å²) in [5.74, 6) is 0.570. The van der Waals surface area contributed by atoms with Crippen molar-refractivity contribution in [1.29, 1.82) is 0 Å². The summed E-state index contributed by atoms with van der Waals surface area (Å²) in [7, 11) is 0. The van der Waals surface area contributed by atoms with E-state index in [1.165, 1.54) is 0 Å². The number of carbonyl (C=O) groups excluding carboxylic acids is 1. The molecule has 0 aromatic carbocycles. The fourth-order valence-corrected chi connectivity index (χ4v) is 1.57. The Bertz CT molecular complexity index is 370. The molecule has 1 heterocycles. The molecular formula is C10H12BrClN2O. The molecule has 1 amide bonds. The molecule has 1 N–H and O–H groups in total. The van der Waals surface area contributed by atoms with Crippen molar-refractivity contribution in [3.8, 4) is 0 Å². The highest BCUT2D eigenvalue weighted by molar-refractivity contribution is 9.10. The van der Waals surface area contributed by atoms with E-state index in [9.17, 15) is 4.79 Å². The van der Waals surface area contributed by atoms with Crippen LogP contribution < -0.4 is 5.32 Å². The van der Waals surface area contributed by atoms with Gasteiger partial charge in [-0.25, -0.2) is 4.98 Å². The quantitative estimate of drug-likeness (QED) is 0.870. The van der Waals surface area contributed by atoms with Crippen molar-refractivity contribution in [3.63, 3.8) is 0 Å². The lowest BCUT2D eigenvalue weighted by atomic mass is 10.2. The van der Waals surface area contributed by atoms with Crippen LogP contribution in [0.5, 0.6) is 0 Å². The van der Waals surface area contributed by atoms with Gasteiger partial charge in [0, 0.05) is 22.5 Å². The average molecular weight is 292 g/mol. The lowest BCUT2D eigenvalue weighted by Crippen LogP contribution is -2.22. The van der Waals surface area contributed by atoms with Crippen molar-refractivity contribution in [2.24, 2.45) is 5.92 Å². The van der Waals surface area contributed by atoms with Gasteiger partial charge < -0.3 is 5.32 Å². The van der Waals surface area contributed by atoms with E-state index in [2.05, 4.69) is 26.2 Å². The molecule has 0 fully saturated rings. The SMILES string of the molecule is Cc1cc(Br)cnc1NC(=O)C(C)CCl. The number of alkyl halides is 1. The van der Waals surface area contributed by atoms with Gasteiger partial charge in [-0.3, -0.25) is 4.79 Å². The molecule has 0 bridgehead atoms. The second kappa shape index (κ2) is 5.47.